The molecule has 0 fully saturated rings. The molecule has 20 heavy (non-hydrogen) atoms. The van der Waals surface area contributed by atoms with E-state index >= 15 is 0 Å². The molecule has 1 N–H and O–H groups in total. The fraction of sp³-hybridized carbons (Fsp3) is 0.375. The number of hydrogen-bond donors (Lipinski definition) is 1. The molecule has 0 radical (unpaired) electrons. The Morgan fingerprint density at radius 2 is 1.80 bits per heavy atom. The maximum atomic E-state index is 5.79. The van der Waals surface area contributed by atoms with Gasteiger partial charge in [-0.15, -0.1) is 0 Å². The van der Waals surface area contributed by atoms with Crippen molar-refractivity contribution in [2.45, 2.75) is 39.5 Å². The molecule has 0 saturated carbocycles. The minimum Gasteiger partial charge on any atom is -0.469 e. The van der Waals surface area contributed by atoms with E-state index < -0.39 is 0 Å². The van der Waals surface area contributed by atoms with Gasteiger partial charge in [-0.3, -0.25) is 4.98 Å². The van der Waals surface area contributed by atoms with Crippen LogP contribution in [-0.4, -0.2) is 16.0 Å². The van der Waals surface area contributed by atoms with Gasteiger partial charge in [-0.1, -0.05) is 44.2 Å². The van der Waals surface area contributed by atoms with Crippen molar-refractivity contribution in [3.8, 4) is 5.88 Å². The minimum absolute atomic E-state index is 0.0369. The summed E-state index contributed by atoms with van der Waals surface area (Å²) in [6.45, 7) is 6.93. The second-order valence-corrected chi connectivity index (χ2v) is 5.05. The summed E-state index contributed by atoms with van der Waals surface area (Å²) in [7, 11) is 0. The van der Waals surface area contributed by atoms with Crippen molar-refractivity contribution >= 4 is 0 Å². The molecule has 0 saturated heterocycles. The summed E-state index contributed by atoms with van der Waals surface area (Å²) >= 11 is 0. The van der Waals surface area contributed by atoms with Crippen molar-refractivity contribution in [2.24, 2.45) is 0 Å². The number of nitrogens with zero attached hydrogens (tertiary/aromatic N) is 2. The third kappa shape index (κ3) is 4.31. The van der Waals surface area contributed by atoms with Crippen molar-refractivity contribution in [3.05, 3.63) is 54.0 Å². The summed E-state index contributed by atoms with van der Waals surface area (Å²) in [5.74, 6) is 0.551. The Hall–Kier alpha value is -1.94. The Labute approximate surface area is 120 Å². The predicted molar refractivity (Wildman–Crippen MR) is 79.5 cm³/mol. The molecule has 0 aliphatic rings. The van der Waals surface area contributed by atoms with Crippen LogP contribution in [0.2, 0.25) is 0 Å². The molecule has 0 amide bonds. The van der Waals surface area contributed by atoms with Crippen LogP contribution in [0.4, 0.5) is 0 Å². The van der Waals surface area contributed by atoms with Gasteiger partial charge in [0.05, 0.1) is 18.1 Å². The highest BCUT2D eigenvalue weighted by atomic mass is 16.5. The monoisotopic (exact) mass is 271 g/mol. The predicted octanol–water partition coefficient (Wildman–Crippen LogP) is 3.11. The molecule has 106 valence electrons. The van der Waals surface area contributed by atoms with E-state index in [9.17, 15) is 0 Å². The van der Waals surface area contributed by atoms with E-state index in [-0.39, 0.29) is 6.10 Å². The standard InChI is InChI=1S/C16H21N3O/c1-12(2)17-9-15-10-19-16(11-18-15)20-13(3)14-7-5-4-6-8-14/h4-8,10-13,17H,9H2,1-3H3. The highest BCUT2D eigenvalue weighted by Gasteiger charge is 2.07. The Balaban J connectivity index is 1.93. The van der Waals surface area contributed by atoms with Gasteiger partial charge < -0.3 is 10.1 Å². The molecular formula is C16H21N3O. The Morgan fingerprint density at radius 3 is 2.40 bits per heavy atom. The Kier molecular flexibility index (Phi) is 5.07. The van der Waals surface area contributed by atoms with Crippen molar-refractivity contribution in [3.63, 3.8) is 0 Å². The molecule has 0 aliphatic carbocycles. The lowest BCUT2D eigenvalue weighted by atomic mass is 10.1. The average Bonchev–Trinajstić information content (AvgIpc) is 2.47. The van der Waals surface area contributed by atoms with Gasteiger partial charge in [0.2, 0.25) is 5.88 Å². The summed E-state index contributed by atoms with van der Waals surface area (Å²) in [6, 6.07) is 10.5. The molecule has 2 rings (SSSR count). The molecule has 1 atom stereocenters. The normalized spacial score (nSPS) is 12.4. The van der Waals surface area contributed by atoms with Gasteiger partial charge in [-0.2, -0.15) is 0 Å². The highest BCUT2D eigenvalue weighted by Crippen LogP contribution is 2.18. The van der Waals surface area contributed by atoms with Gasteiger partial charge in [0.15, 0.2) is 0 Å². The van der Waals surface area contributed by atoms with Crippen molar-refractivity contribution in [1.82, 2.24) is 15.3 Å². The first kappa shape index (κ1) is 14.5. The fourth-order valence-electron chi connectivity index (χ4n) is 1.78. The lowest BCUT2D eigenvalue weighted by Gasteiger charge is -2.14. The smallest absolute Gasteiger partial charge is 0.232 e. The summed E-state index contributed by atoms with van der Waals surface area (Å²) in [5, 5.41) is 3.30. The van der Waals surface area contributed by atoms with Gasteiger partial charge in [-0.05, 0) is 12.5 Å². The van der Waals surface area contributed by atoms with Gasteiger partial charge in [0, 0.05) is 12.6 Å². The topological polar surface area (TPSA) is 47.0 Å². The number of nitrogens with one attached hydrogen (secondary N) is 1. The molecule has 1 unspecified atom stereocenters. The van der Waals surface area contributed by atoms with Crippen LogP contribution in [0.15, 0.2) is 42.7 Å². The van der Waals surface area contributed by atoms with Crippen LogP contribution in [0.25, 0.3) is 0 Å². The minimum atomic E-state index is -0.0369. The molecule has 0 bridgehead atoms. The second kappa shape index (κ2) is 7.01. The lowest BCUT2D eigenvalue weighted by molar-refractivity contribution is 0.216. The van der Waals surface area contributed by atoms with Gasteiger partial charge >= 0.3 is 0 Å². The van der Waals surface area contributed by atoms with E-state index in [0.29, 0.717) is 11.9 Å². The van der Waals surface area contributed by atoms with Crippen LogP contribution >= 0.6 is 0 Å². The van der Waals surface area contributed by atoms with E-state index in [4.69, 9.17) is 4.74 Å². The average molecular weight is 271 g/mol. The van der Waals surface area contributed by atoms with Crippen LogP contribution < -0.4 is 10.1 Å². The zero-order valence-corrected chi connectivity index (χ0v) is 12.2. The molecule has 4 heteroatoms. The van der Waals surface area contributed by atoms with E-state index in [1.54, 1.807) is 12.4 Å². The van der Waals surface area contributed by atoms with Crippen LogP contribution in [-0.2, 0) is 6.54 Å². The summed E-state index contributed by atoms with van der Waals surface area (Å²) in [6.07, 6.45) is 3.39. The quantitative estimate of drug-likeness (QED) is 0.877. The van der Waals surface area contributed by atoms with Crippen LogP contribution in [0.5, 0.6) is 5.88 Å². The molecule has 2 aromatic rings. The van der Waals surface area contributed by atoms with Crippen molar-refractivity contribution in [2.75, 3.05) is 0 Å². The number of ether oxygens (including phenoxy) is 1. The first-order chi connectivity index (χ1) is 9.65. The SMILES string of the molecule is CC(C)NCc1cnc(OC(C)c2ccccc2)cn1. The highest BCUT2D eigenvalue weighted by molar-refractivity contribution is 5.18. The summed E-state index contributed by atoms with van der Waals surface area (Å²) in [5.41, 5.74) is 2.04. The molecule has 1 aromatic carbocycles. The first-order valence-electron chi connectivity index (χ1n) is 6.91. The maximum Gasteiger partial charge on any atom is 0.232 e. The molecule has 0 aliphatic heterocycles. The Morgan fingerprint density at radius 1 is 1.05 bits per heavy atom. The third-order valence-electron chi connectivity index (χ3n) is 2.94. The largest absolute Gasteiger partial charge is 0.469 e. The fourth-order valence-corrected chi connectivity index (χ4v) is 1.78. The van der Waals surface area contributed by atoms with Gasteiger partial charge in [-0.25, -0.2) is 4.98 Å². The van der Waals surface area contributed by atoms with Crippen LogP contribution in [0.3, 0.4) is 0 Å². The molecule has 4 nitrogen and oxygen atoms in total. The zero-order chi connectivity index (χ0) is 14.4. The van der Waals surface area contributed by atoms with E-state index in [1.807, 2.05) is 37.3 Å². The Bertz CT molecular complexity index is 511. The van der Waals surface area contributed by atoms with E-state index in [2.05, 4.69) is 29.1 Å². The summed E-state index contributed by atoms with van der Waals surface area (Å²) in [4.78, 5) is 8.64. The van der Waals surface area contributed by atoms with Crippen LogP contribution in [0.1, 0.15) is 38.1 Å². The van der Waals surface area contributed by atoms with E-state index in [1.165, 1.54) is 0 Å². The van der Waals surface area contributed by atoms with Crippen molar-refractivity contribution in [1.29, 1.82) is 0 Å². The van der Waals surface area contributed by atoms with Gasteiger partial charge in [0.25, 0.3) is 0 Å². The van der Waals surface area contributed by atoms with Gasteiger partial charge in [0.1, 0.15) is 6.10 Å². The number of hydrogen-bond acceptors (Lipinski definition) is 4. The van der Waals surface area contributed by atoms with Crippen LogP contribution in [0, 0.1) is 0 Å². The number of rotatable bonds is 6. The lowest BCUT2D eigenvalue weighted by Crippen LogP contribution is -2.22. The molecular weight excluding hydrogens is 250 g/mol. The zero-order valence-electron chi connectivity index (χ0n) is 12.2. The summed E-state index contributed by atoms with van der Waals surface area (Å²) < 4.78 is 5.79. The maximum absolute atomic E-state index is 5.79. The van der Waals surface area contributed by atoms with E-state index in [0.717, 1.165) is 17.8 Å². The van der Waals surface area contributed by atoms with Crippen molar-refractivity contribution < 1.29 is 4.74 Å². The molecule has 1 heterocycles. The number of benzene rings is 1. The second-order valence-electron chi connectivity index (χ2n) is 5.05. The first-order valence-corrected chi connectivity index (χ1v) is 6.91. The third-order valence-corrected chi connectivity index (χ3v) is 2.94. The molecule has 0 spiro atoms. The number of aromatic nitrogens is 2. The molecule has 1 aromatic heterocycles.